The Hall–Kier alpha value is -1.60. The largest absolute Gasteiger partial charge is 0.548 e. The van der Waals surface area contributed by atoms with Crippen LogP contribution in [0.4, 0.5) is 0 Å². The summed E-state index contributed by atoms with van der Waals surface area (Å²) in [5.74, 6) is -1.44. The third-order valence-electron chi connectivity index (χ3n) is 3.34. The second-order valence-corrected chi connectivity index (χ2v) is 6.39. The van der Waals surface area contributed by atoms with Gasteiger partial charge >= 0.3 is 0 Å². The minimum atomic E-state index is -1.29. The van der Waals surface area contributed by atoms with Crippen LogP contribution in [-0.2, 0) is 9.59 Å². The van der Waals surface area contributed by atoms with Crippen molar-refractivity contribution in [1.82, 2.24) is 4.90 Å². The summed E-state index contributed by atoms with van der Waals surface area (Å²) in [6, 6.07) is 2.36. The van der Waals surface area contributed by atoms with Gasteiger partial charge in [0.05, 0.1) is 23.2 Å². The zero-order valence-corrected chi connectivity index (χ0v) is 13.2. The van der Waals surface area contributed by atoms with Gasteiger partial charge in [-0.2, -0.15) is 0 Å². The highest BCUT2D eigenvalue weighted by Gasteiger charge is 2.39. The number of hydrogen-bond donors (Lipinski definition) is 0. The fourth-order valence-electron chi connectivity index (χ4n) is 2.04. The van der Waals surface area contributed by atoms with Crippen molar-refractivity contribution in [2.24, 2.45) is 5.92 Å². The van der Waals surface area contributed by atoms with E-state index in [1.54, 1.807) is 25.1 Å². The van der Waals surface area contributed by atoms with Gasteiger partial charge in [-0.05, 0) is 18.1 Å². The van der Waals surface area contributed by atoms with Crippen molar-refractivity contribution in [2.45, 2.75) is 26.3 Å². The summed E-state index contributed by atoms with van der Waals surface area (Å²) in [6.45, 7) is 3.62. The third-order valence-corrected chi connectivity index (χ3v) is 4.67. The van der Waals surface area contributed by atoms with E-state index < -0.39 is 17.9 Å². The lowest BCUT2D eigenvalue weighted by molar-refractivity contribution is -0.311. The average Bonchev–Trinajstić information content (AvgIpc) is 3.02. The predicted molar refractivity (Wildman–Crippen MR) is 82.0 cm³/mol. The van der Waals surface area contributed by atoms with Crippen LogP contribution in [0, 0.1) is 5.92 Å². The van der Waals surface area contributed by atoms with Gasteiger partial charge in [0, 0.05) is 6.08 Å². The average molecular weight is 324 g/mol. The molecular weight excluding hydrogens is 310 g/mol. The summed E-state index contributed by atoms with van der Waals surface area (Å²) in [4.78, 5) is 25.3. The van der Waals surface area contributed by atoms with Crippen molar-refractivity contribution in [3.05, 3.63) is 29.1 Å². The SMILES string of the molecule is CC[C@H](C)[C@H](C(=O)[O-])N1C(=O)/C(=C\c2ccco2)SC1=S. The van der Waals surface area contributed by atoms with E-state index in [-0.39, 0.29) is 10.2 Å². The van der Waals surface area contributed by atoms with Crippen LogP contribution in [0.25, 0.3) is 6.08 Å². The summed E-state index contributed by atoms with van der Waals surface area (Å²) in [6.07, 6.45) is 3.66. The molecule has 2 heterocycles. The minimum Gasteiger partial charge on any atom is -0.548 e. The summed E-state index contributed by atoms with van der Waals surface area (Å²) in [5, 5.41) is 11.4. The van der Waals surface area contributed by atoms with E-state index in [0.717, 1.165) is 16.7 Å². The van der Waals surface area contributed by atoms with E-state index in [9.17, 15) is 14.7 Å². The minimum absolute atomic E-state index is 0.229. The Bertz CT molecular complexity index is 594. The molecule has 0 aromatic carbocycles. The Balaban J connectivity index is 2.31. The summed E-state index contributed by atoms with van der Waals surface area (Å²) < 4.78 is 5.39. The third kappa shape index (κ3) is 3.19. The van der Waals surface area contributed by atoms with Gasteiger partial charge < -0.3 is 14.3 Å². The van der Waals surface area contributed by atoms with Crippen molar-refractivity contribution in [2.75, 3.05) is 0 Å². The molecule has 0 unspecified atom stereocenters. The second kappa shape index (κ2) is 6.44. The topological polar surface area (TPSA) is 73.6 Å². The molecule has 21 heavy (non-hydrogen) atoms. The number of rotatable bonds is 5. The molecule has 0 aliphatic carbocycles. The summed E-state index contributed by atoms with van der Waals surface area (Å²) >= 11 is 6.23. The highest BCUT2D eigenvalue weighted by atomic mass is 32.2. The maximum Gasteiger partial charge on any atom is 0.266 e. The Kier molecular flexibility index (Phi) is 4.84. The fraction of sp³-hybridized carbons (Fsp3) is 0.357. The van der Waals surface area contributed by atoms with Gasteiger partial charge in [0.15, 0.2) is 0 Å². The molecule has 7 heteroatoms. The predicted octanol–water partition coefficient (Wildman–Crippen LogP) is 1.65. The van der Waals surface area contributed by atoms with Crippen LogP contribution < -0.4 is 5.11 Å². The number of aliphatic carboxylic acids is 1. The molecule has 2 atom stereocenters. The summed E-state index contributed by atoms with van der Waals surface area (Å²) in [7, 11) is 0. The van der Waals surface area contributed by atoms with E-state index >= 15 is 0 Å². The van der Waals surface area contributed by atoms with E-state index in [0.29, 0.717) is 17.1 Å². The number of carbonyl (C=O) groups is 2. The zero-order valence-electron chi connectivity index (χ0n) is 11.6. The van der Waals surface area contributed by atoms with Gasteiger partial charge in [0.25, 0.3) is 5.91 Å². The quantitative estimate of drug-likeness (QED) is 0.605. The molecule has 1 aliphatic rings. The first kappa shape index (κ1) is 15.8. The smallest absolute Gasteiger partial charge is 0.266 e. The molecule has 112 valence electrons. The van der Waals surface area contributed by atoms with Crippen LogP contribution in [0.15, 0.2) is 27.7 Å². The van der Waals surface area contributed by atoms with Gasteiger partial charge in [-0.1, -0.05) is 44.2 Å². The van der Waals surface area contributed by atoms with Gasteiger partial charge in [-0.15, -0.1) is 0 Å². The van der Waals surface area contributed by atoms with Crippen molar-refractivity contribution in [3.63, 3.8) is 0 Å². The molecular formula is C14H14NO4S2-. The summed E-state index contributed by atoms with van der Waals surface area (Å²) in [5.41, 5.74) is 0. The van der Waals surface area contributed by atoms with E-state index in [1.165, 1.54) is 6.26 Å². The maximum atomic E-state index is 12.4. The number of thioether (sulfide) groups is 1. The lowest BCUT2D eigenvalue weighted by atomic mass is 9.98. The molecule has 1 saturated heterocycles. The van der Waals surface area contributed by atoms with E-state index in [2.05, 4.69) is 0 Å². The number of nitrogens with zero attached hydrogens (tertiary/aromatic N) is 1. The van der Waals surface area contributed by atoms with E-state index in [4.69, 9.17) is 16.6 Å². The number of amides is 1. The lowest BCUT2D eigenvalue weighted by Gasteiger charge is -2.32. The van der Waals surface area contributed by atoms with Crippen LogP contribution in [0.2, 0.25) is 0 Å². The zero-order chi connectivity index (χ0) is 15.6. The molecule has 1 aromatic rings. The number of hydrogen-bond acceptors (Lipinski definition) is 6. The Morgan fingerprint density at radius 2 is 2.33 bits per heavy atom. The highest BCUT2D eigenvalue weighted by molar-refractivity contribution is 8.26. The highest BCUT2D eigenvalue weighted by Crippen LogP contribution is 2.35. The molecule has 1 amide bonds. The Morgan fingerprint density at radius 3 is 2.86 bits per heavy atom. The van der Waals surface area contributed by atoms with Crippen LogP contribution in [0.5, 0.6) is 0 Å². The number of carbonyl (C=O) groups excluding carboxylic acids is 2. The molecule has 1 aromatic heterocycles. The van der Waals surface area contributed by atoms with Crippen molar-refractivity contribution >= 4 is 46.3 Å². The van der Waals surface area contributed by atoms with Crippen molar-refractivity contribution in [3.8, 4) is 0 Å². The van der Waals surface area contributed by atoms with Crippen LogP contribution in [0.3, 0.4) is 0 Å². The fourth-order valence-corrected chi connectivity index (χ4v) is 3.35. The van der Waals surface area contributed by atoms with Gasteiger partial charge in [-0.25, -0.2) is 0 Å². The molecule has 1 fully saturated rings. The Labute approximate surface area is 132 Å². The molecule has 0 saturated carbocycles. The number of carboxylic acid groups (broad SMARTS) is 1. The van der Waals surface area contributed by atoms with Gasteiger partial charge in [-0.3, -0.25) is 9.69 Å². The van der Waals surface area contributed by atoms with Gasteiger partial charge in [0.2, 0.25) is 0 Å². The maximum absolute atomic E-state index is 12.4. The second-order valence-electron chi connectivity index (χ2n) is 4.72. The first-order chi connectivity index (χ1) is 9.95. The lowest BCUT2D eigenvalue weighted by Crippen LogP contribution is -2.53. The molecule has 1 aliphatic heterocycles. The molecule has 0 radical (unpaired) electrons. The standard InChI is InChI=1S/C14H15NO4S2/c1-3-8(2)11(13(17)18)15-12(16)10(21-14(15)20)7-9-5-4-6-19-9/h4-8,11H,3H2,1-2H3,(H,17,18)/p-1/b10-7+/t8-,11+/m0/s1. The van der Waals surface area contributed by atoms with Crippen molar-refractivity contribution in [1.29, 1.82) is 0 Å². The first-order valence-electron chi connectivity index (χ1n) is 6.47. The van der Waals surface area contributed by atoms with Crippen molar-refractivity contribution < 1.29 is 19.1 Å². The number of thiocarbonyl (C=S) groups is 1. The number of furan rings is 1. The Morgan fingerprint density at radius 1 is 1.62 bits per heavy atom. The van der Waals surface area contributed by atoms with Crippen LogP contribution >= 0.6 is 24.0 Å². The molecule has 0 spiro atoms. The molecule has 0 N–H and O–H groups in total. The molecule has 0 bridgehead atoms. The van der Waals surface area contributed by atoms with Crippen LogP contribution in [-0.4, -0.2) is 27.1 Å². The monoisotopic (exact) mass is 324 g/mol. The number of carboxylic acids is 1. The molecule has 2 rings (SSSR count). The van der Waals surface area contributed by atoms with Crippen LogP contribution in [0.1, 0.15) is 26.0 Å². The molecule has 5 nitrogen and oxygen atoms in total. The van der Waals surface area contributed by atoms with E-state index in [1.807, 2.05) is 6.92 Å². The first-order valence-corrected chi connectivity index (χ1v) is 7.69. The van der Waals surface area contributed by atoms with Gasteiger partial charge in [0.1, 0.15) is 10.1 Å². The normalized spacial score (nSPS) is 20.1.